The standard InChI is InChI=1S/C23H30N4O2/c1-18(2)21(22(28)24-17-19-9-5-3-6-10-19)25-23(29)27-15-13-26(14-16-27)20-11-7-4-8-12-20/h3-12,18,21H,13-17H2,1-2H3,(H,24,28)(H,25,29)/t21-/m0/s1. The largest absolute Gasteiger partial charge is 0.368 e. The lowest BCUT2D eigenvalue weighted by Gasteiger charge is -2.37. The molecule has 1 aliphatic heterocycles. The Kier molecular flexibility index (Phi) is 7.11. The molecule has 0 aromatic heterocycles. The molecular weight excluding hydrogens is 364 g/mol. The number of carbonyl (C=O) groups excluding carboxylic acids is 2. The maximum atomic E-state index is 12.8. The third kappa shape index (κ3) is 5.73. The number of hydrogen-bond acceptors (Lipinski definition) is 3. The van der Waals surface area contributed by atoms with Crippen molar-refractivity contribution in [2.24, 2.45) is 5.92 Å². The van der Waals surface area contributed by atoms with Gasteiger partial charge in [-0.25, -0.2) is 4.79 Å². The summed E-state index contributed by atoms with van der Waals surface area (Å²) >= 11 is 0. The van der Waals surface area contributed by atoms with E-state index in [1.54, 1.807) is 4.90 Å². The molecule has 1 saturated heterocycles. The summed E-state index contributed by atoms with van der Waals surface area (Å²) in [5, 5.41) is 5.87. The first kappa shape index (κ1) is 20.7. The average Bonchev–Trinajstić information content (AvgIpc) is 2.77. The molecule has 0 saturated carbocycles. The Labute approximate surface area is 172 Å². The smallest absolute Gasteiger partial charge is 0.318 e. The second-order valence-electron chi connectivity index (χ2n) is 7.68. The third-order valence-electron chi connectivity index (χ3n) is 5.23. The van der Waals surface area contributed by atoms with Crippen LogP contribution in [0.15, 0.2) is 60.7 Å². The Morgan fingerprint density at radius 1 is 0.897 bits per heavy atom. The minimum Gasteiger partial charge on any atom is -0.368 e. The number of hydrogen-bond donors (Lipinski definition) is 2. The molecule has 0 spiro atoms. The molecule has 6 heteroatoms. The lowest BCUT2D eigenvalue weighted by Crippen LogP contribution is -2.57. The van der Waals surface area contributed by atoms with E-state index in [1.165, 1.54) is 5.69 Å². The number of nitrogens with zero attached hydrogens (tertiary/aromatic N) is 2. The molecule has 1 aliphatic rings. The van der Waals surface area contributed by atoms with Gasteiger partial charge in [0, 0.05) is 38.4 Å². The zero-order valence-electron chi connectivity index (χ0n) is 17.2. The van der Waals surface area contributed by atoms with Gasteiger partial charge in [0.05, 0.1) is 0 Å². The van der Waals surface area contributed by atoms with Crippen LogP contribution in [0.25, 0.3) is 0 Å². The van der Waals surface area contributed by atoms with Crippen LogP contribution in [0.4, 0.5) is 10.5 Å². The fourth-order valence-electron chi connectivity index (χ4n) is 3.46. The maximum absolute atomic E-state index is 12.8. The molecule has 1 heterocycles. The number of anilines is 1. The molecule has 0 aliphatic carbocycles. The molecule has 0 bridgehead atoms. The second kappa shape index (κ2) is 9.96. The Morgan fingerprint density at radius 3 is 2.07 bits per heavy atom. The number of nitrogens with one attached hydrogen (secondary N) is 2. The van der Waals surface area contributed by atoms with Gasteiger partial charge in [-0.2, -0.15) is 0 Å². The van der Waals surface area contributed by atoms with E-state index in [0.29, 0.717) is 19.6 Å². The molecule has 0 radical (unpaired) electrons. The number of benzene rings is 2. The predicted molar refractivity (Wildman–Crippen MR) is 116 cm³/mol. The second-order valence-corrected chi connectivity index (χ2v) is 7.68. The molecule has 29 heavy (non-hydrogen) atoms. The van der Waals surface area contributed by atoms with Crippen molar-refractivity contribution < 1.29 is 9.59 Å². The highest BCUT2D eigenvalue weighted by Gasteiger charge is 2.28. The number of rotatable bonds is 6. The van der Waals surface area contributed by atoms with E-state index < -0.39 is 6.04 Å². The summed E-state index contributed by atoms with van der Waals surface area (Å²) in [6, 6.07) is 19.3. The molecule has 2 aromatic rings. The van der Waals surface area contributed by atoms with Gasteiger partial charge in [-0.1, -0.05) is 62.4 Å². The maximum Gasteiger partial charge on any atom is 0.318 e. The first-order chi connectivity index (χ1) is 14.0. The number of para-hydroxylation sites is 1. The molecule has 3 amide bonds. The van der Waals surface area contributed by atoms with Gasteiger partial charge >= 0.3 is 6.03 Å². The minimum absolute atomic E-state index is 0.000307. The van der Waals surface area contributed by atoms with Gasteiger partial charge in [0.15, 0.2) is 0 Å². The van der Waals surface area contributed by atoms with Crippen molar-refractivity contribution in [3.05, 3.63) is 66.2 Å². The van der Waals surface area contributed by atoms with Crippen molar-refractivity contribution in [2.75, 3.05) is 31.1 Å². The summed E-state index contributed by atoms with van der Waals surface area (Å²) in [6.07, 6.45) is 0. The van der Waals surface area contributed by atoms with Crippen LogP contribution in [-0.2, 0) is 11.3 Å². The fraction of sp³-hybridized carbons (Fsp3) is 0.391. The molecule has 6 nitrogen and oxygen atoms in total. The highest BCUT2D eigenvalue weighted by atomic mass is 16.2. The molecule has 3 rings (SSSR count). The Hall–Kier alpha value is -3.02. The summed E-state index contributed by atoms with van der Waals surface area (Å²) < 4.78 is 0. The molecule has 2 aromatic carbocycles. The van der Waals surface area contributed by atoms with Crippen LogP contribution in [0.2, 0.25) is 0 Å². The van der Waals surface area contributed by atoms with Crippen LogP contribution >= 0.6 is 0 Å². The van der Waals surface area contributed by atoms with Gasteiger partial charge in [-0.15, -0.1) is 0 Å². The van der Waals surface area contributed by atoms with Crippen LogP contribution in [0.1, 0.15) is 19.4 Å². The zero-order chi connectivity index (χ0) is 20.6. The van der Waals surface area contributed by atoms with Gasteiger partial charge in [-0.05, 0) is 23.6 Å². The van der Waals surface area contributed by atoms with Gasteiger partial charge < -0.3 is 20.4 Å². The molecular formula is C23H30N4O2. The van der Waals surface area contributed by atoms with E-state index in [0.717, 1.165) is 18.7 Å². The molecule has 0 unspecified atom stereocenters. The summed E-state index contributed by atoms with van der Waals surface area (Å²) in [6.45, 7) is 7.18. The Bertz CT molecular complexity index is 787. The summed E-state index contributed by atoms with van der Waals surface area (Å²) in [4.78, 5) is 29.5. The van der Waals surface area contributed by atoms with Crippen molar-refractivity contribution in [3.63, 3.8) is 0 Å². The molecule has 1 atom stereocenters. The van der Waals surface area contributed by atoms with Crippen molar-refractivity contribution in [2.45, 2.75) is 26.4 Å². The van der Waals surface area contributed by atoms with Gasteiger partial charge in [0.25, 0.3) is 0 Å². The van der Waals surface area contributed by atoms with E-state index in [1.807, 2.05) is 62.4 Å². The van der Waals surface area contributed by atoms with Crippen molar-refractivity contribution in [1.82, 2.24) is 15.5 Å². The van der Waals surface area contributed by atoms with Crippen LogP contribution < -0.4 is 15.5 Å². The van der Waals surface area contributed by atoms with Gasteiger partial charge in [0.2, 0.25) is 5.91 Å². The van der Waals surface area contributed by atoms with Crippen molar-refractivity contribution >= 4 is 17.6 Å². The lowest BCUT2D eigenvalue weighted by molar-refractivity contribution is -0.124. The highest BCUT2D eigenvalue weighted by molar-refractivity contribution is 5.87. The molecule has 154 valence electrons. The Balaban J connectivity index is 1.51. The molecule has 2 N–H and O–H groups in total. The van der Waals surface area contributed by atoms with E-state index in [9.17, 15) is 9.59 Å². The van der Waals surface area contributed by atoms with E-state index in [2.05, 4.69) is 27.7 Å². The van der Waals surface area contributed by atoms with Gasteiger partial charge in [-0.3, -0.25) is 4.79 Å². The first-order valence-electron chi connectivity index (χ1n) is 10.2. The van der Waals surface area contributed by atoms with Gasteiger partial charge in [0.1, 0.15) is 6.04 Å². The molecule has 1 fully saturated rings. The fourth-order valence-corrected chi connectivity index (χ4v) is 3.46. The summed E-state index contributed by atoms with van der Waals surface area (Å²) in [5.74, 6) is -0.152. The van der Waals surface area contributed by atoms with Crippen LogP contribution in [0, 0.1) is 5.92 Å². The van der Waals surface area contributed by atoms with Crippen LogP contribution in [0.3, 0.4) is 0 Å². The number of amides is 3. The quantitative estimate of drug-likeness (QED) is 0.792. The monoisotopic (exact) mass is 394 g/mol. The summed E-state index contributed by atoms with van der Waals surface area (Å²) in [5.41, 5.74) is 2.21. The topological polar surface area (TPSA) is 64.7 Å². The van der Waals surface area contributed by atoms with Crippen LogP contribution in [-0.4, -0.2) is 49.1 Å². The summed E-state index contributed by atoms with van der Waals surface area (Å²) in [7, 11) is 0. The number of carbonyl (C=O) groups is 2. The van der Waals surface area contributed by atoms with E-state index in [4.69, 9.17) is 0 Å². The lowest BCUT2D eigenvalue weighted by atomic mass is 10.0. The highest BCUT2D eigenvalue weighted by Crippen LogP contribution is 2.15. The third-order valence-corrected chi connectivity index (χ3v) is 5.23. The minimum atomic E-state index is -0.557. The van der Waals surface area contributed by atoms with E-state index >= 15 is 0 Å². The van der Waals surface area contributed by atoms with Crippen LogP contribution in [0.5, 0.6) is 0 Å². The van der Waals surface area contributed by atoms with Crippen molar-refractivity contribution in [1.29, 1.82) is 0 Å². The SMILES string of the molecule is CC(C)[C@H](NC(=O)N1CCN(c2ccccc2)CC1)C(=O)NCc1ccccc1. The Morgan fingerprint density at radius 2 is 1.48 bits per heavy atom. The van der Waals surface area contributed by atoms with Crippen molar-refractivity contribution in [3.8, 4) is 0 Å². The first-order valence-corrected chi connectivity index (χ1v) is 10.2. The number of piperazine rings is 1. The van der Waals surface area contributed by atoms with E-state index in [-0.39, 0.29) is 17.9 Å². The number of urea groups is 1. The average molecular weight is 395 g/mol. The normalized spacial score (nSPS) is 15.1. The zero-order valence-corrected chi connectivity index (χ0v) is 17.2. The predicted octanol–water partition coefficient (Wildman–Crippen LogP) is 2.86.